The monoisotopic (exact) mass is 263 g/mol. The molecule has 0 atom stereocenters. The maximum Gasteiger partial charge on any atom is 0.157 e. The molecule has 0 amide bonds. The van der Waals surface area contributed by atoms with Gasteiger partial charge >= 0.3 is 0 Å². The van der Waals surface area contributed by atoms with Crippen LogP contribution in [0.4, 0.5) is 0 Å². The van der Waals surface area contributed by atoms with E-state index in [4.69, 9.17) is 9.47 Å². The summed E-state index contributed by atoms with van der Waals surface area (Å²) in [5.74, 6) is 0.733. The lowest BCUT2D eigenvalue weighted by Crippen LogP contribution is -2.34. The third kappa shape index (κ3) is 4.60. The summed E-state index contributed by atoms with van der Waals surface area (Å²) in [6, 6.07) is 10.7. The highest BCUT2D eigenvalue weighted by Crippen LogP contribution is 2.24. The van der Waals surface area contributed by atoms with E-state index in [1.54, 1.807) is 14.2 Å². The molecule has 19 heavy (non-hydrogen) atoms. The first-order valence-corrected chi connectivity index (χ1v) is 7.13. The Hall–Kier alpha value is -0.900. The molecule has 3 heteroatoms. The average Bonchev–Trinajstić information content (AvgIpc) is 2.47. The van der Waals surface area contributed by atoms with Gasteiger partial charge in [0, 0.05) is 27.2 Å². The molecule has 0 aromatic heterocycles. The Morgan fingerprint density at radius 3 is 2.32 bits per heavy atom. The smallest absolute Gasteiger partial charge is 0.157 e. The molecule has 3 nitrogen and oxygen atoms in total. The summed E-state index contributed by atoms with van der Waals surface area (Å²) in [7, 11) is 3.44. The number of benzene rings is 1. The molecule has 1 fully saturated rings. The van der Waals surface area contributed by atoms with Crippen molar-refractivity contribution < 1.29 is 9.47 Å². The minimum Gasteiger partial charge on any atom is -0.356 e. The van der Waals surface area contributed by atoms with Crippen LogP contribution in [0.3, 0.4) is 0 Å². The van der Waals surface area contributed by atoms with Crippen molar-refractivity contribution in [3.8, 4) is 0 Å². The van der Waals surface area contributed by atoms with Gasteiger partial charge in [0.25, 0.3) is 0 Å². The van der Waals surface area contributed by atoms with Crippen molar-refractivity contribution in [2.75, 3.05) is 27.3 Å². The summed E-state index contributed by atoms with van der Waals surface area (Å²) in [4.78, 5) is 2.54. The van der Waals surface area contributed by atoms with Crippen molar-refractivity contribution >= 4 is 0 Å². The molecule has 2 rings (SSSR count). The molecule has 1 saturated heterocycles. The van der Waals surface area contributed by atoms with Gasteiger partial charge < -0.3 is 9.47 Å². The van der Waals surface area contributed by atoms with Crippen LogP contribution in [0.15, 0.2) is 30.3 Å². The maximum atomic E-state index is 5.29. The fourth-order valence-electron chi connectivity index (χ4n) is 2.78. The predicted octanol–water partition coefficient (Wildman–Crippen LogP) is 2.91. The molecular formula is C16H25NO2. The van der Waals surface area contributed by atoms with Crippen molar-refractivity contribution in [3.63, 3.8) is 0 Å². The summed E-state index contributed by atoms with van der Waals surface area (Å²) >= 11 is 0. The predicted molar refractivity (Wildman–Crippen MR) is 76.9 cm³/mol. The normalized spacial score (nSPS) is 18.1. The third-order valence-electron chi connectivity index (χ3n) is 4.01. The van der Waals surface area contributed by atoms with Crippen LogP contribution in [0.25, 0.3) is 0 Å². The second-order valence-electron chi connectivity index (χ2n) is 5.34. The minimum atomic E-state index is -0.0364. The van der Waals surface area contributed by atoms with Crippen LogP contribution in [0.5, 0.6) is 0 Å². The third-order valence-corrected chi connectivity index (χ3v) is 4.01. The number of hydrogen-bond acceptors (Lipinski definition) is 3. The zero-order valence-electron chi connectivity index (χ0n) is 12.0. The largest absolute Gasteiger partial charge is 0.356 e. The Morgan fingerprint density at radius 2 is 1.74 bits per heavy atom. The van der Waals surface area contributed by atoms with Crippen LogP contribution >= 0.6 is 0 Å². The number of likely N-dealkylation sites (tertiary alicyclic amines) is 1. The Balaban J connectivity index is 1.73. The van der Waals surface area contributed by atoms with E-state index in [-0.39, 0.29) is 6.29 Å². The molecule has 1 aliphatic heterocycles. The lowest BCUT2D eigenvalue weighted by molar-refractivity contribution is -0.117. The number of piperidine rings is 1. The second-order valence-corrected chi connectivity index (χ2v) is 5.34. The standard InChI is InChI=1S/C16H25NO2/c1-18-16(19-2)12-14-8-10-17(11-9-14)13-15-6-4-3-5-7-15/h3-7,14,16H,8-13H2,1-2H3. The van der Waals surface area contributed by atoms with Crippen LogP contribution in [0, 0.1) is 5.92 Å². The van der Waals surface area contributed by atoms with Gasteiger partial charge in [-0.15, -0.1) is 0 Å². The van der Waals surface area contributed by atoms with Crippen molar-refractivity contribution in [1.82, 2.24) is 4.90 Å². The van der Waals surface area contributed by atoms with E-state index in [9.17, 15) is 0 Å². The molecule has 0 aliphatic carbocycles. The van der Waals surface area contributed by atoms with Crippen molar-refractivity contribution in [2.45, 2.75) is 32.1 Å². The quantitative estimate of drug-likeness (QED) is 0.737. The van der Waals surface area contributed by atoms with Gasteiger partial charge in [0.15, 0.2) is 6.29 Å². The van der Waals surface area contributed by atoms with E-state index in [1.165, 1.54) is 31.5 Å². The maximum absolute atomic E-state index is 5.29. The van der Waals surface area contributed by atoms with Crippen molar-refractivity contribution in [3.05, 3.63) is 35.9 Å². The van der Waals surface area contributed by atoms with Crippen LogP contribution in [0.1, 0.15) is 24.8 Å². The molecule has 1 heterocycles. The SMILES string of the molecule is COC(CC1CCN(Cc2ccccc2)CC1)OC. The van der Waals surface area contributed by atoms with Gasteiger partial charge in [0.05, 0.1) is 0 Å². The first-order chi connectivity index (χ1) is 9.31. The summed E-state index contributed by atoms with van der Waals surface area (Å²) < 4.78 is 10.6. The molecule has 106 valence electrons. The fourth-order valence-corrected chi connectivity index (χ4v) is 2.78. The number of hydrogen-bond donors (Lipinski definition) is 0. The average molecular weight is 263 g/mol. The Morgan fingerprint density at radius 1 is 1.11 bits per heavy atom. The Kier molecular flexibility index (Phi) is 5.83. The minimum absolute atomic E-state index is 0.0364. The van der Waals surface area contributed by atoms with E-state index >= 15 is 0 Å². The van der Waals surface area contributed by atoms with Gasteiger partial charge in [-0.3, -0.25) is 4.90 Å². The highest BCUT2D eigenvalue weighted by Gasteiger charge is 2.22. The van der Waals surface area contributed by atoms with E-state index < -0.39 is 0 Å². The number of ether oxygens (including phenoxy) is 2. The fraction of sp³-hybridized carbons (Fsp3) is 0.625. The Bertz CT molecular complexity index is 343. The number of nitrogens with zero attached hydrogens (tertiary/aromatic N) is 1. The van der Waals surface area contributed by atoms with Crippen molar-refractivity contribution in [2.24, 2.45) is 5.92 Å². The van der Waals surface area contributed by atoms with Crippen LogP contribution < -0.4 is 0 Å². The van der Waals surface area contributed by atoms with E-state index in [0.29, 0.717) is 0 Å². The molecule has 0 unspecified atom stereocenters. The van der Waals surface area contributed by atoms with Crippen LogP contribution in [-0.4, -0.2) is 38.5 Å². The van der Waals surface area contributed by atoms with E-state index in [2.05, 4.69) is 35.2 Å². The molecule has 0 saturated carbocycles. The van der Waals surface area contributed by atoms with E-state index in [0.717, 1.165) is 18.9 Å². The highest BCUT2D eigenvalue weighted by atomic mass is 16.7. The first-order valence-electron chi connectivity index (χ1n) is 7.13. The molecule has 0 spiro atoms. The zero-order valence-corrected chi connectivity index (χ0v) is 12.0. The first kappa shape index (κ1) is 14.5. The molecule has 0 N–H and O–H groups in total. The Labute approximate surface area is 116 Å². The highest BCUT2D eigenvalue weighted by molar-refractivity contribution is 5.14. The molecular weight excluding hydrogens is 238 g/mol. The van der Waals surface area contributed by atoms with Crippen molar-refractivity contribution in [1.29, 1.82) is 0 Å². The van der Waals surface area contributed by atoms with Gasteiger partial charge in [0.1, 0.15) is 0 Å². The van der Waals surface area contributed by atoms with Gasteiger partial charge in [-0.05, 0) is 37.4 Å². The summed E-state index contributed by atoms with van der Waals surface area (Å²) in [5, 5.41) is 0. The van der Waals surface area contributed by atoms with Gasteiger partial charge in [-0.2, -0.15) is 0 Å². The number of methoxy groups -OCH3 is 2. The number of rotatable bonds is 6. The molecule has 1 aromatic rings. The van der Waals surface area contributed by atoms with E-state index in [1.807, 2.05) is 0 Å². The molecule has 0 bridgehead atoms. The summed E-state index contributed by atoms with van der Waals surface area (Å²) in [6.45, 7) is 3.44. The van der Waals surface area contributed by atoms with Gasteiger partial charge in [0.2, 0.25) is 0 Å². The lowest BCUT2D eigenvalue weighted by Gasteiger charge is -2.33. The lowest BCUT2D eigenvalue weighted by atomic mass is 9.93. The summed E-state index contributed by atoms with van der Waals surface area (Å²) in [6.07, 6.45) is 3.48. The molecule has 1 aliphatic rings. The molecule has 0 radical (unpaired) electrons. The topological polar surface area (TPSA) is 21.7 Å². The van der Waals surface area contributed by atoms with Crippen LogP contribution in [0.2, 0.25) is 0 Å². The van der Waals surface area contributed by atoms with Gasteiger partial charge in [-0.25, -0.2) is 0 Å². The zero-order chi connectivity index (χ0) is 13.5. The van der Waals surface area contributed by atoms with Crippen LogP contribution in [-0.2, 0) is 16.0 Å². The van der Waals surface area contributed by atoms with Gasteiger partial charge in [-0.1, -0.05) is 30.3 Å². The second kappa shape index (κ2) is 7.63. The molecule has 1 aromatic carbocycles. The summed E-state index contributed by atoms with van der Waals surface area (Å²) in [5.41, 5.74) is 1.41.